The van der Waals surface area contributed by atoms with Crippen LogP contribution < -0.4 is 0 Å². The van der Waals surface area contributed by atoms with Gasteiger partial charge in [-0.3, -0.25) is 0 Å². The number of hydrogen-bond acceptors (Lipinski definition) is 2. The van der Waals surface area contributed by atoms with E-state index < -0.39 is 11.6 Å². The van der Waals surface area contributed by atoms with Gasteiger partial charge in [-0.05, 0) is 19.3 Å². The van der Waals surface area contributed by atoms with Crippen molar-refractivity contribution in [3.63, 3.8) is 0 Å². The highest BCUT2D eigenvalue weighted by Gasteiger charge is 2.62. The molecule has 1 aliphatic carbocycles. The molecule has 2 unspecified atom stereocenters. The molecule has 0 bridgehead atoms. The quantitative estimate of drug-likeness (QED) is 0.580. The van der Waals surface area contributed by atoms with Gasteiger partial charge in [-0.2, -0.15) is 0 Å². The Labute approximate surface area is 65.4 Å². The van der Waals surface area contributed by atoms with Crippen LogP contribution in [0.2, 0.25) is 0 Å². The minimum atomic E-state index is -0.760. The lowest BCUT2D eigenvalue weighted by molar-refractivity contribution is -0.143. The predicted octanol–water partition coefficient (Wildman–Crippen LogP) is 1.17. The fourth-order valence-electron chi connectivity index (χ4n) is 1.92. The van der Waals surface area contributed by atoms with Crippen LogP contribution >= 0.6 is 0 Å². The normalized spacial score (nSPS) is 42.4. The van der Waals surface area contributed by atoms with E-state index in [2.05, 4.69) is 0 Å². The Balaban J connectivity index is 2.10. The Morgan fingerprint density at radius 3 is 3.00 bits per heavy atom. The first-order valence-corrected chi connectivity index (χ1v) is 4.17. The molecule has 0 spiro atoms. The minimum absolute atomic E-state index is 0.0301. The first-order chi connectivity index (χ1) is 5.26. The standard InChI is InChI=1S/C8H12O3/c9-7(10)8-5-3-1-2-4-6(8)11-8/h6H,1-5H2,(H,9,10). The zero-order valence-electron chi connectivity index (χ0n) is 6.38. The van der Waals surface area contributed by atoms with Crippen molar-refractivity contribution in [3.8, 4) is 0 Å². The summed E-state index contributed by atoms with van der Waals surface area (Å²) in [6.07, 6.45) is 4.97. The zero-order chi connectivity index (χ0) is 7.90. The van der Waals surface area contributed by atoms with Gasteiger partial charge in [0.15, 0.2) is 5.60 Å². The molecule has 2 atom stereocenters. The van der Waals surface area contributed by atoms with Gasteiger partial charge >= 0.3 is 5.97 Å². The molecule has 2 aliphatic rings. The number of rotatable bonds is 1. The van der Waals surface area contributed by atoms with Crippen LogP contribution in [-0.4, -0.2) is 22.8 Å². The Hall–Kier alpha value is -0.570. The van der Waals surface area contributed by atoms with Crippen molar-refractivity contribution in [2.75, 3.05) is 0 Å². The number of carboxylic acids is 1. The third-order valence-electron chi connectivity index (χ3n) is 2.69. The molecule has 3 heteroatoms. The van der Waals surface area contributed by atoms with Crippen LogP contribution in [0.3, 0.4) is 0 Å². The Bertz CT molecular complexity index is 190. The van der Waals surface area contributed by atoms with Crippen LogP contribution in [0.5, 0.6) is 0 Å². The molecule has 0 aromatic heterocycles. The lowest BCUT2D eigenvalue weighted by Crippen LogP contribution is -2.26. The molecule has 1 heterocycles. The topological polar surface area (TPSA) is 49.8 Å². The summed E-state index contributed by atoms with van der Waals surface area (Å²) in [5.74, 6) is -0.760. The van der Waals surface area contributed by atoms with E-state index in [0.29, 0.717) is 6.42 Å². The number of carboxylic acid groups (broad SMARTS) is 1. The van der Waals surface area contributed by atoms with Crippen LogP contribution in [0, 0.1) is 0 Å². The van der Waals surface area contributed by atoms with E-state index in [1.807, 2.05) is 0 Å². The van der Waals surface area contributed by atoms with Gasteiger partial charge in [0.05, 0.1) is 6.10 Å². The molecule has 3 nitrogen and oxygen atoms in total. The highest BCUT2D eigenvalue weighted by molar-refractivity contribution is 5.81. The molecule has 11 heavy (non-hydrogen) atoms. The smallest absolute Gasteiger partial charge is 0.338 e. The lowest BCUT2D eigenvalue weighted by atomic mass is 10.0. The average molecular weight is 156 g/mol. The van der Waals surface area contributed by atoms with Gasteiger partial charge in [0.25, 0.3) is 0 Å². The van der Waals surface area contributed by atoms with Gasteiger partial charge in [0.1, 0.15) is 0 Å². The fraction of sp³-hybridized carbons (Fsp3) is 0.875. The molecule has 0 amide bonds. The number of hydrogen-bond donors (Lipinski definition) is 1. The number of aliphatic carboxylic acids is 1. The molecular formula is C8H12O3. The number of epoxide rings is 1. The molecular weight excluding hydrogens is 144 g/mol. The zero-order valence-corrected chi connectivity index (χ0v) is 6.38. The third kappa shape index (κ3) is 0.948. The van der Waals surface area contributed by atoms with Gasteiger partial charge in [0, 0.05) is 0 Å². The summed E-state index contributed by atoms with van der Waals surface area (Å²) >= 11 is 0. The molecule has 1 saturated carbocycles. The van der Waals surface area contributed by atoms with Crippen molar-refractivity contribution >= 4 is 5.97 Å². The van der Waals surface area contributed by atoms with Crippen molar-refractivity contribution in [2.45, 2.75) is 43.8 Å². The van der Waals surface area contributed by atoms with E-state index in [4.69, 9.17) is 9.84 Å². The fourth-order valence-corrected chi connectivity index (χ4v) is 1.92. The average Bonchev–Trinajstić information content (AvgIpc) is 2.57. The van der Waals surface area contributed by atoms with Crippen LogP contribution in [0.25, 0.3) is 0 Å². The predicted molar refractivity (Wildman–Crippen MR) is 38.3 cm³/mol. The van der Waals surface area contributed by atoms with Crippen LogP contribution in [-0.2, 0) is 9.53 Å². The number of carbonyl (C=O) groups is 1. The maximum atomic E-state index is 10.7. The molecule has 1 N–H and O–H groups in total. The summed E-state index contributed by atoms with van der Waals surface area (Å²) in [5.41, 5.74) is -0.753. The van der Waals surface area contributed by atoms with Crippen molar-refractivity contribution in [3.05, 3.63) is 0 Å². The highest BCUT2D eigenvalue weighted by Crippen LogP contribution is 2.46. The van der Waals surface area contributed by atoms with Gasteiger partial charge in [-0.15, -0.1) is 0 Å². The van der Waals surface area contributed by atoms with E-state index in [0.717, 1.165) is 25.7 Å². The van der Waals surface area contributed by atoms with Gasteiger partial charge < -0.3 is 9.84 Å². The minimum Gasteiger partial charge on any atom is -0.479 e. The lowest BCUT2D eigenvalue weighted by Gasteiger charge is -2.02. The van der Waals surface area contributed by atoms with Crippen molar-refractivity contribution < 1.29 is 14.6 Å². The van der Waals surface area contributed by atoms with Crippen LogP contribution in [0.15, 0.2) is 0 Å². The SMILES string of the molecule is O=C(O)C12CCCCCC1O2. The first-order valence-electron chi connectivity index (χ1n) is 4.17. The number of ether oxygens (including phenoxy) is 1. The van der Waals surface area contributed by atoms with E-state index in [-0.39, 0.29) is 6.10 Å². The monoisotopic (exact) mass is 156 g/mol. The molecule has 1 aliphatic heterocycles. The summed E-state index contributed by atoms with van der Waals surface area (Å²) in [6.45, 7) is 0. The maximum Gasteiger partial charge on any atom is 0.338 e. The Morgan fingerprint density at radius 1 is 1.45 bits per heavy atom. The molecule has 0 aromatic rings. The second-order valence-corrected chi connectivity index (χ2v) is 3.40. The van der Waals surface area contributed by atoms with Crippen molar-refractivity contribution in [1.29, 1.82) is 0 Å². The molecule has 2 fully saturated rings. The molecule has 1 saturated heterocycles. The van der Waals surface area contributed by atoms with Gasteiger partial charge in [0.2, 0.25) is 0 Å². The summed E-state index contributed by atoms with van der Waals surface area (Å²) in [6, 6.07) is 0. The summed E-state index contributed by atoms with van der Waals surface area (Å²) in [7, 11) is 0. The first kappa shape index (κ1) is 7.10. The Kier molecular flexibility index (Phi) is 1.42. The molecule has 62 valence electrons. The number of fused-ring (bicyclic) bond motifs is 1. The maximum absolute atomic E-state index is 10.7. The van der Waals surface area contributed by atoms with E-state index >= 15 is 0 Å². The summed E-state index contributed by atoms with van der Waals surface area (Å²) in [4.78, 5) is 10.7. The van der Waals surface area contributed by atoms with E-state index in [9.17, 15) is 4.79 Å². The molecule has 0 radical (unpaired) electrons. The molecule has 2 rings (SSSR count). The van der Waals surface area contributed by atoms with E-state index in [1.165, 1.54) is 0 Å². The second kappa shape index (κ2) is 2.21. The molecule has 0 aromatic carbocycles. The Morgan fingerprint density at radius 2 is 2.27 bits per heavy atom. The third-order valence-corrected chi connectivity index (χ3v) is 2.69. The largest absolute Gasteiger partial charge is 0.479 e. The van der Waals surface area contributed by atoms with Crippen LogP contribution in [0.1, 0.15) is 32.1 Å². The highest BCUT2D eigenvalue weighted by atomic mass is 16.6. The van der Waals surface area contributed by atoms with Gasteiger partial charge in [-0.1, -0.05) is 12.8 Å². The summed E-state index contributed by atoms with van der Waals surface area (Å²) < 4.78 is 5.21. The van der Waals surface area contributed by atoms with Crippen molar-refractivity contribution in [2.24, 2.45) is 0 Å². The van der Waals surface area contributed by atoms with Crippen molar-refractivity contribution in [1.82, 2.24) is 0 Å². The second-order valence-electron chi connectivity index (χ2n) is 3.40. The van der Waals surface area contributed by atoms with E-state index in [1.54, 1.807) is 0 Å². The van der Waals surface area contributed by atoms with Gasteiger partial charge in [-0.25, -0.2) is 4.79 Å². The summed E-state index contributed by atoms with van der Waals surface area (Å²) in [5, 5.41) is 8.84. The van der Waals surface area contributed by atoms with Crippen LogP contribution in [0.4, 0.5) is 0 Å².